The Morgan fingerprint density at radius 2 is 1.92 bits per heavy atom. The molecule has 0 N–H and O–H groups in total. The van der Waals surface area contributed by atoms with Gasteiger partial charge in [0, 0.05) is 17.7 Å². The van der Waals surface area contributed by atoms with Crippen molar-refractivity contribution < 1.29 is 23.6 Å². The zero-order valence-corrected chi connectivity index (χ0v) is 16.1. The molecule has 7 nitrogen and oxygen atoms in total. The van der Waals surface area contributed by atoms with E-state index in [9.17, 15) is 9.59 Å². The average molecular weight is 415 g/mol. The van der Waals surface area contributed by atoms with Crippen LogP contribution in [0.5, 0.6) is 5.75 Å². The molecule has 2 aromatic rings. The van der Waals surface area contributed by atoms with E-state index in [1.807, 2.05) is 9.47 Å². The number of carbonyl (C=O) groups excluding carboxylic acids is 2. The van der Waals surface area contributed by atoms with Gasteiger partial charge in [-0.15, -0.1) is 0 Å². The van der Waals surface area contributed by atoms with Gasteiger partial charge in [0.05, 0.1) is 15.0 Å². The SMILES string of the molecule is CC(C)(C)OC(=O)Oc1c(C(=O)OP)c(CBr)cc2nccnc12. The molecule has 2 rings (SSSR count). The van der Waals surface area contributed by atoms with Gasteiger partial charge < -0.3 is 14.0 Å². The third kappa shape index (κ3) is 4.19. The van der Waals surface area contributed by atoms with E-state index in [1.54, 1.807) is 26.8 Å². The molecule has 0 saturated heterocycles. The molecule has 0 aliphatic heterocycles. The van der Waals surface area contributed by atoms with Gasteiger partial charge in [0.1, 0.15) is 16.7 Å². The summed E-state index contributed by atoms with van der Waals surface area (Å²) in [5.41, 5.74) is 0.631. The molecule has 0 saturated carbocycles. The van der Waals surface area contributed by atoms with Gasteiger partial charge in [0.2, 0.25) is 0 Å². The predicted octanol–water partition coefficient (Wildman–Crippen LogP) is 3.79. The Bertz CT molecular complexity index is 791. The highest BCUT2D eigenvalue weighted by atomic mass is 79.9. The Kier molecular flexibility index (Phi) is 5.72. The number of halogens is 1. The second kappa shape index (κ2) is 7.40. The van der Waals surface area contributed by atoms with Crippen LogP contribution in [-0.4, -0.2) is 27.7 Å². The summed E-state index contributed by atoms with van der Waals surface area (Å²) in [4.78, 5) is 32.6. The molecule has 1 heterocycles. The predicted molar refractivity (Wildman–Crippen MR) is 94.2 cm³/mol. The van der Waals surface area contributed by atoms with Gasteiger partial charge in [-0.1, -0.05) is 15.9 Å². The first-order valence-corrected chi connectivity index (χ1v) is 8.50. The Balaban J connectivity index is 2.63. The van der Waals surface area contributed by atoms with E-state index < -0.39 is 17.7 Å². The van der Waals surface area contributed by atoms with Crippen molar-refractivity contribution in [2.75, 3.05) is 0 Å². The van der Waals surface area contributed by atoms with Gasteiger partial charge in [-0.25, -0.2) is 14.6 Å². The van der Waals surface area contributed by atoms with Crippen LogP contribution in [0.4, 0.5) is 4.79 Å². The number of nitrogens with zero attached hydrogens (tertiary/aromatic N) is 2. The number of ether oxygens (including phenoxy) is 2. The van der Waals surface area contributed by atoms with Gasteiger partial charge in [-0.3, -0.25) is 4.98 Å². The summed E-state index contributed by atoms with van der Waals surface area (Å²) in [6.07, 6.45) is 2.00. The molecule has 1 atom stereocenters. The van der Waals surface area contributed by atoms with Crippen molar-refractivity contribution in [3.05, 3.63) is 29.6 Å². The maximum Gasteiger partial charge on any atom is 0.514 e. The summed E-state index contributed by atoms with van der Waals surface area (Å²) in [5, 5.41) is 0.333. The third-order valence-corrected chi connectivity index (χ3v) is 3.65. The second-order valence-electron chi connectivity index (χ2n) is 5.77. The lowest BCUT2D eigenvalue weighted by Gasteiger charge is -2.20. The molecule has 0 amide bonds. The van der Waals surface area contributed by atoms with Crippen LogP contribution in [0, 0.1) is 0 Å². The van der Waals surface area contributed by atoms with Crippen molar-refractivity contribution in [2.24, 2.45) is 0 Å². The van der Waals surface area contributed by atoms with E-state index in [1.165, 1.54) is 12.4 Å². The lowest BCUT2D eigenvalue weighted by Crippen LogP contribution is -2.26. The highest BCUT2D eigenvalue weighted by Gasteiger charge is 2.27. The van der Waals surface area contributed by atoms with Gasteiger partial charge in [0.15, 0.2) is 5.75 Å². The lowest BCUT2D eigenvalue weighted by atomic mass is 10.1. The molecule has 128 valence electrons. The molecule has 1 aromatic carbocycles. The fourth-order valence-corrected chi connectivity index (χ4v) is 2.53. The van der Waals surface area contributed by atoms with Crippen molar-refractivity contribution >= 4 is 48.6 Å². The monoisotopic (exact) mass is 414 g/mol. The fourth-order valence-electron chi connectivity index (χ4n) is 1.97. The summed E-state index contributed by atoms with van der Waals surface area (Å²) in [7, 11) is 1.87. The smallest absolute Gasteiger partial charge is 0.448 e. The molecule has 9 heteroatoms. The number of carbonyl (C=O) groups is 2. The molecule has 0 bridgehead atoms. The molecule has 1 unspecified atom stereocenters. The Morgan fingerprint density at radius 1 is 1.25 bits per heavy atom. The van der Waals surface area contributed by atoms with Crippen LogP contribution in [-0.2, 0) is 14.6 Å². The highest BCUT2D eigenvalue weighted by Crippen LogP contribution is 2.33. The standard InChI is InChI=1S/C15H16BrN2O5P/c1-15(2,3)22-14(20)21-12-10(13(19)23-24)8(7-16)6-9-11(12)18-5-4-17-9/h4-6H,7,24H2,1-3H3. The number of fused-ring (bicyclic) bond motifs is 1. The zero-order valence-electron chi connectivity index (χ0n) is 13.3. The topological polar surface area (TPSA) is 87.6 Å². The maximum atomic E-state index is 12.2. The molecule has 1 aromatic heterocycles. The van der Waals surface area contributed by atoms with Crippen LogP contribution in [0.25, 0.3) is 11.0 Å². The van der Waals surface area contributed by atoms with Crippen LogP contribution in [0.15, 0.2) is 18.5 Å². The van der Waals surface area contributed by atoms with Crippen LogP contribution in [0.1, 0.15) is 36.7 Å². The van der Waals surface area contributed by atoms with Crippen molar-refractivity contribution in [2.45, 2.75) is 31.7 Å². The summed E-state index contributed by atoms with van der Waals surface area (Å²) in [5.74, 6) is -0.725. The second-order valence-corrected chi connectivity index (χ2v) is 6.57. The molecule has 0 aliphatic carbocycles. The van der Waals surface area contributed by atoms with E-state index in [0.29, 0.717) is 16.4 Å². The number of rotatable bonds is 3. The molecule has 0 radical (unpaired) electrons. The molecular formula is C15H16BrN2O5P. The minimum atomic E-state index is -0.945. The van der Waals surface area contributed by atoms with E-state index in [4.69, 9.17) is 14.0 Å². The van der Waals surface area contributed by atoms with E-state index in [-0.39, 0.29) is 16.8 Å². The Labute approximate surface area is 149 Å². The molecule has 0 fully saturated rings. The molecule has 24 heavy (non-hydrogen) atoms. The Morgan fingerprint density at radius 3 is 2.50 bits per heavy atom. The molecule has 0 spiro atoms. The first kappa shape index (κ1) is 18.5. The van der Waals surface area contributed by atoms with Crippen molar-refractivity contribution in [1.82, 2.24) is 9.97 Å². The Hall–Kier alpha value is -1.79. The normalized spacial score (nSPS) is 11.2. The van der Waals surface area contributed by atoms with Crippen molar-refractivity contribution in [1.29, 1.82) is 0 Å². The minimum absolute atomic E-state index is 0.0447. The van der Waals surface area contributed by atoms with Gasteiger partial charge in [-0.2, -0.15) is 0 Å². The minimum Gasteiger partial charge on any atom is -0.448 e. The number of alkyl halides is 1. The zero-order chi connectivity index (χ0) is 17.9. The maximum absolute atomic E-state index is 12.2. The van der Waals surface area contributed by atoms with E-state index in [2.05, 4.69) is 25.9 Å². The summed E-state index contributed by atoms with van der Waals surface area (Å²) < 4.78 is 15.2. The number of hydrogen-bond acceptors (Lipinski definition) is 7. The fraction of sp³-hybridized carbons (Fsp3) is 0.333. The van der Waals surface area contributed by atoms with Crippen molar-refractivity contribution in [3.63, 3.8) is 0 Å². The molecule has 0 aliphatic rings. The highest BCUT2D eigenvalue weighted by molar-refractivity contribution is 9.08. The summed E-state index contributed by atoms with van der Waals surface area (Å²) in [6, 6.07) is 1.68. The quantitative estimate of drug-likeness (QED) is 0.326. The van der Waals surface area contributed by atoms with Crippen LogP contribution < -0.4 is 4.74 Å². The number of hydrogen-bond donors (Lipinski definition) is 0. The van der Waals surface area contributed by atoms with Gasteiger partial charge >= 0.3 is 12.1 Å². The van der Waals surface area contributed by atoms with Crippen LogP contribution >= 0.6 is 25.4 Å². The first-order valence-electron chi connectivity index (χ1n) is 6.91. The average Bonchev–Trinajstić information content (AvgIpc) is 2.51. The van der Waals surface area contributed by atoms with Crippen LogP contribution in [0.3, 0.4) is 0 Å². The third-order valence-electron chi connectivity index (χ3n) is 2.83. The van der Waals surface area contributed by atoms with Gasteiger partial charge in [0.25, 0.3) is 0 Å². The summed E-state index contributed by atoms with van der Waals surface area (Å²) in [6.45, 7) is 5.12. The first-order chi connectivity index (χ1) is 11.3. The summed E-state index contributed by atoms with van der Waals surface area (Å²) >= 11 is 3.31. The lowest BCUT2D eigenvalue weighted by molar-refractivity contribution is 0.0207. The largest absolute Gasteiger partial charge is 0.514 e. The van der Waals surface area contributed by atoms with Crippen molar-refractivity contribution in [3.8, 4) is 5.75 Å². The number of aromatic nitrogens is 2. The van der Waals surface area contributed by atoms with Crippen LogP contribution in [0.2, 0.25) is 0 Å². The molecular weight excluding hydrogens is 399 g/mol. The van der Waals surface area contributed by atoms with Gasteiger partial charge in [-0.05, 0) is 32.4 Å². The number of benzene rings is 1. The van der Waals surface area contributed by atoms with E-state index >= 15 is 0 Å². The van der Waals surface area contributed by atoms with E-state index in [0.717, 1.165) is 0 Å².